The van der Waals surface area contributed by atoms with Crippen molar-refractivity contribution in [2.24, 2.45) is 41.4 Å². The second kappa shape index (κ2) is 11.3. The number of allylic oxidation sites excluding steroid dienone is 5. The Morgan fingerprint density at radius 2 is 1.72 bits per heavy atom. The maximum absolute atomic E-state index is 14.2. The van der Waals surface area contributed by atoms with Gasteiger partial charge in [0.25, 0.3) is 0 Å². The van der Waals surface area contributed by atoms with E-state index < -0.39 is 51.8 Å². The van der Waals surface area contributed by atoms with Gasteiger partial charge in [0.15, 0.2) is 5.78 Å². The summed E-state index contributed by atoms with van der Waals surface area (Å²) >= 11 is 13.3. The summed E-state index contributed by atoms with van der Waals surface area (Å²) < 4.78 is 9.17. The Morgan fingerprint density at radius 1 is 1.08 bits per heavy atom. The van der Waals surface area contributed by atoms with Gasteiger partial charge in [-0.3, -0.25) is 9.59 Å². The summed E-state index contributed by atoms with van der Waals surface area (Å²) in [7, 11) is 0. The van der Waals surface area contributed by atoms with Crippen LogP contribution in [-0.2, 0) is 19.1 Å². The minimum Gasteiger partial charge on any atom is -0.458 e. The third-order valence-corrected chi connectivity index (χ3v) is 9.08. The van der Waals surface area contributed by atoms with Crippen molar-refractivity contribution in [1.29, 1.82) is 0 Å². The maximum Gasteiger partial charge on any atom is 0.311 e. The molecule has 0 aromatic heterocycles. The number of esters is 1. The van der Waals surface area contributed by atoms with E-state index >= 15 is 0 Å². The zero-order valence-corrected chi connectivity index (χ0v) is 23.4. The first-order valence-electron chi connectivity index (χ1n) is 12.9. The van der Waals surface area contributed by atoms with Crippen molar-refractivity contribution in [3.05, 3.63) is 36.5 Å². The first kappa shape index (κ1) is 29.4. The monoisotopic (exact) mass is 542 g/mol. The third-order valence-electron chi connectivity index (χ3n) is 8.26. The van der Waals surface area contributed by atoms with Gasteiger partial charge in [0.1, 0.15) is 12.2 Å². The number of ether oxygens (including phenoxy) is 2. The van der Waals surface area contributed by atoms with Gasteiger partial charge in [-0.2, -0.15) is 0 Å². The smallest absolute Gasteiger partial charge is 0.311 e. The first-order chi connectivity index (χ1) is 16.7. The lowest BCUT2D eigenvalue weighted by atomic mass is 9.54. The lowest BCUT2D eigenvalue weighted by molar-refractivity contribution is -0.179. The molecule has 36 heavy (non-hydrogen) atoms. The van der Waals surface area contributed by atoms with Gasteiger partial charge in [-0.25, -0.2) is 0 Å². The number of carbonyl (C=O) groups excluding carboxylic acids is 2. The number of aliphatic hydroxyl groups is 2. The average molecular weight is 544 g/mol. The molecule has 1 heterocycles. The standard InChI is InChI=1S/C28H40Cl2O6/c1-7-35-25-17(4)21-19(14-27(25,6)34)12-13-20-15(2)10-8-9-11-16(3)36-26(33)18(5)23(31)28(29,30)24(32)22(20)21/h8-13,15-23,25,31,34H,7,14H2,1-6H3/b10-8-,11-9+/t15-,16+,17+,18+,19-,20+,21-,22-,23?,25-,27-/m1/s1. The topological polar surface area (TPSA) is 93.1 Å². The average Bonchev–Trinajstić information content (AvgIpc) is 2.81. The molecule has 0 saturated heterocycles. The van der Waals surface area contributed by atoms with E-state index in [-0.39, 0.29) is 29.6 Å². The molecule has 0 aromatic carbocycles. The molecule has 0 bridgehead atoms. The van der Waals surface area contributed by atoms with Crippen LogP contribution in [0.5, 0.6) is 0 Å². The molecule has 1 aliphatic heterocycles. The zero-order valence-electron chi connectivity index (χ0n) is 21.9. The Kier molecular flexibility index (Phi) is 9.21. The van der Waals surface area contributed by atoms with Crippen molar-refractivity contribution in [3.63, 3.8) is 0 Å². The van der Waals surface area contributed by atoms with Crippen LogP contribution in [0.3, 0.4) is 0 Å². The molecule has 3 aliphatic rings. The molecule has 0 amide bonds. The quantitative estimate of drug-likeness (QED) is 0.299. The van der Waals surface area contributed by atoms with Crippen molar-refractivity contribution in [2.45, 2.75) is 76.2 Å². The predicted octanol–water partition coefficient (Wildman–Crippen LogP) is 4.65. The molecule has 2 aliphatic carbocycles. The molecule has 0 radical (unpaired) electrons. The molecule has 1 saturated carbocycles. The number of fused-ring (bicyclic) bond motifs is 3. The van der Waals surface area contributed by atoms with Gasteiger partial charge in [0, 0.05) is 12.5 Å². The first-order valence-corrected chi connectivity index (χ1v) is 13.7. The molecule has 0 aromatic rings. The Bertz CT molecular complexity index is 910. The van der Waals surface area contributed by atoms with Crippen LogP contribution in [0, 0.1) is 41.4 Å². The van der Waals surface area contributed by atoms with Crippen LogP contribution in [0.15, 0.2) is 36.5 Å². The van der Waals surface area contributed by atoms with Crippen molar-refractivity contribution in [1.82, 2.24) is 0 Å². The normalized spacial score (nSPS) is 47.2. The molecule has 1 unspecified atom stereocenters. The SMILES string of the molecule is CCO[C@@H]1[C@@H](C)[C@H]2[C@@H]3C(=O)C(Cl)(Cl)C(O)[C@H](C)C(=O)O[C@@H](C)/C=C/C=C\[C@@H](C)[C@@H]3C=C[C@@H]2C[C@@]1(C)O. The number of cyclic esters (lactones) is 1. The van der Waals surface area contributed by atoms with Crippen molar-refractivity contribution in [3.8, 4) is 0 Å². The number of aliphatic hydroxyl groups excluding tert-OH is 1. The summed E-state index contributed by atoms with van der Waals surface area (Å²) in [4.78, 5) is 26.9. The van der Waals surface area contributed by atoms with Gasteiger partial charge >= 0.3 is 5.97 Å². The molecule has 2 N–H and O–H groups in total. The van der Waals surface area contributed by atoms with E-state index in [0.29, 0.717) is 13.0 Å². The maximum atomic E-state index is 14.2. The summed E-state index contributed by atoms with van der Waals surface area (Å²) in [6, 6.07) is 0. The fourth-order valence-corrected chi connectivity index (χ4v) is 7.05. The summed E-state index contributed by atoms with van der Waals surface area (Å²) in [5.41, 5.74) is -1.07. The fraction of sp³-hybridized carbons (Fsp3) is 0.714. The van der Waals surface area contributed by atoms with Gasteiger partial charge in [0.2, 0.25) is 4.33 Å². The highest BCUT2D eigenvalue weighted by Crippen LogP contribution is 2.53. The second-order valence-corrected chi connectivity index (χ2v) is 12.4. The minimum atomic E-state index is -2.23. The Balaban J connectivity index is 2.13. The number of hydrogen-bond acceptors (Lipinski definition) is 6. The summed E-state index contributed by atoms with van der Waals surface area (Å²) in [5.74, 6) is -3.82. The number of hydrogen-bond donors (Lipinski definition) is 2. The number of halogens is 2. The molecule has 3 rings (SSSR count). The third kappa shape index (κ3) is 5.63. The van der Waals surface area contributed by atoms with Crippen LogP contribution >= 0.6 is 23.2 Å². The highest BCUT2D eigenvalue weighted by atomic mass is 35.5. The summed E-state index contributed by atoms with van der Waals surface area (Å²) in [6.07, 6.45) is 9.31. The van der Waals surface area contributed by atoms with Crippen LogP contribution in [0.2, 0.25) is 0 Å². The minimum absolute atomic E-state index is 0.0551. The second-order valence-electron chi connectivity index (χ2n) is 11.0. The van der Waals surface area contributed by atoms with Crippen molar-refractivity contribution >= 4 is 35.0 Å². The molecular weight excluding hydrogens is 503 g/mol. The molecule has 1 fully saturated rings. The largest absolute Gasteiger partial charge is 0.458 e. The van der Waals surface area contributed by atoms with E-state index in [4.69, 9.17) is 32.7 Å². The van der Waals surface area contributed by atoms with E-state index in [0.717, 1.165) is 0 Å². The van der Waals surface area contributed by atoms with E-state index in [1.807, 2.05) is 45.1 Å². The summed E-state index contributed by atoms with van der Waals surface area (Å²) in [5, 5.41) is 22.3. The number of rotatable bonds is 2. The molecule has 11 atom stereocenters. The van der Waals surface area contributed by atoms with Gasteiger partial charge < -0.3 is 19.7 Å². The molecular formula is C28H40Cl2O6. The van der Waals surface area contributed by atoms with Crippen molar-refractivity contribution < 1.29 is 29.3 Å². The zero-order chi connectivity index (χ0) is 27.0. The van der Waals surface area contributed by atoms with Crippen LogP contribution < -0.4 is 0 Å². The number of Topliss-reactive ketones (excluding diaryl/α,β-unsaturated/α-hetero) is 1. The lowest BCUT2D eigenvalue weighted by Gasteiger charge is -2.54. The fourth-order valence-electron chi connectivity index (χ4n) is 6.42. The number of carbonyl (C=O) groups is 2. The predicted molar refractivity (Wildman–Crippen MR) is 141 cm³/mol. The Hall–Kier alpha value is -1.18. The van der Waals surface area contributed by atoms with Gasteiger partial charge in [-0.15, -0.1) is 0 Å². The van der Waals surface area contributed by atoms with Crippen LogP contribution in [0.25, 0.3) is 0 Å². The molecule has 0 spiro atoms. The van der Waals surface area contributed by atoms with Crippen LogP contribution in [0.4, 0.5) is 0 Å². The number of alkyl halides is 2. The lowest BCUT2D eigenvalue weighted by Crippen LogP contribution is -2.60. The van der Waals surface area contributed by atoms with E-state index in [1.54, 1.807) is 19.9 Å². The van der Waals surface area contributed by atoms with E-state index in [2.05, 4.69) is 6.08 Å². The van der Waals surface area contributed by atoms with Crippen LogP contribution in [0.1, 0.15) is 48.0 Å². The van der Waals surface area contributed by atoms with Gasteiger partial charge in [-0.1, -0.05) is 67.4 Å². The van der Waals surface area contributed by atoms with Gasteiger partial charge in [-0.05, 0) is 69.8 Å². The molecule has 6 nitrogen and oxygen atoms in total. The molecule has 8 heteroatoms. The highest BCUT2D eigenvalue weighted by Gasteiger charge is 2.59. The van der Waals surface area contributed by atoms with Crippen LogP contribution in [-0.4, -0.2) is 56.8 Å². The summed E-state index contributed by atoms with van der Waals surface area (Å²) in [6.45, 7) is 11.3. The Morgan fingerprint density at radius 3 is 2.36 bits per heavy atom. The van der Waals surface area contributed by atoms with Gasteiger partial charge in [0.05, 0.1) is 17.6 Å². The van der Waals surface area contributed by atoms with E-state index in [9.17, 15) is 19.8 Å². The number of ketones is 1. The highest BCUT2D eigenvalue weighted by molar-refractivity contribution is 6.59. The molecule has 202 valence electrons. The van der Waals surface area contributed by atoms with E-state index in [1.165, 1.54) is 6.92 Å². The Labute approximate surface area is 224 Å². The van der Waals surface area contributed by atoms with Crippen molar-refractivity contribution in [2.75, 3.05) is 6.61 Å².